The summed E-state index contributed by atoms with van der Waals surface area (Å²) >= 11 is 0. The van der Waals surface area contributed by atoms with E-state index in [4.69, 9.17) is 0 Å². The van der Waals surface area contributed by atoms with Gasteiger partial charge in [0.05, 0.1) is 0 Å². The van der Waals surface area contributed by atoms with Gasteiger partial charge in [0.1, 0.15) is 0 Å². The first-order valence-corrected chi connectivity index (χ1v) is 12.4. The standard InChI is InChI=1S/C30H34O/c1-3-22-14-16-28-29(27(22)15-13-21-9-5-4-6-10-21)19-24(30(28)31)18-23-17-20(2)25-11-7-8-12-26(23)25/h7-8,11-12,14,16-18,20-21H,3-6,9-10,13,15,19H2,1-2H3/b24-18+. The zero-order valence-electron chi connectivity index (χ0n) is 19.0. The quantitative estimate of drug-likeness (QED) is 0.463. The van der Waals surface area contributed by atoms with Gasteiger partial charge in [0.2, 0.25) is 0 Å². The van der Waals surface area contributed by atoms with Crippen molar-refractivity contribution in [2.75, 3.05) is 0 Å². The van der Waals surface area contributed by atoms with Gasteiger partial charge < -0.3 is 0 Å². The van der Waals surface area contributed by atoms with E-state index in [0.717, 1.165) is 36.3 Å². The summed E-state index contributed by atoms with van der Waals surface area (Å²) in [6.45, 7) is 4.49. The Balaban J connectivity index is 1.44. The second-order valence-corrected chi connectivity index (χ2v) is 9.80. The molecule has 1 heteroatoms. The lowest BCUT2D eigenvalue weighted by Crippen LogP contribution is -2.09. The largest absolute Gasteiger partial charge is 0.289 e. The summed E-state index contributed by atoms with van der Waals surface area (Å²) in [6.07, 6.45) is 15.8. The van der Waals surface area contributed by atoms with Gasteiger partial charge >= 0.3 is 0 Å². The Bertz CT molecular complexity index is 1060. The lowest BCUT2D eigenvalue weighted by atomic mass is 9.83. The molecule has 3 aliphatic rings. The number of hydrogen-bond donors (Lipinski definition) is 0. The lowest BCUT2D eigenvalue weighted by molar-refractivity contribution is 0.103. The molecule has 5 rings (SSSR count). The van der Waals surface area contributed by atoms with Crippen LogP contribution in [0.15, 0.2) is 54.1 Å². The first kappa shape index (κ1) is 20.5. The number of benzene rings is 2. The third-order valence-corrected chi connectivity index (χ3v) is 7.86. The van der Waals surface area contributed by atoms with Crippen LogP contribution in [0.3, 0.4) is 0 Å². The van der Waals surface area contributed by atoms with E-state index in [1.54, 1.807) is 0 Å². The van der Waals surface area contributed by atoms with Crippen LogP contribution in [0.5, 0.6) is 0 Å². The number of rotatable bonds is 5. The molecule has 0 aliphatic heterocycles. The molecular weight excluding hydrogens is 376 g/mol. The SMILES string of the molecule is CCc1ccc2c(c1CCC1CCCCC1)C/C(=C\C1=CC(C)c3ccccc31)C2=O. The van der Waals surface area contributed by atoms with Crippen LogP contribution in [0, 0.1) is 5.92 Å². The van der Waals surface area contributed by atoms with Gasteiger partial charge in [0, 0.05) is 23.5 Å². The number of hydrogen-bond acceptors (Lipinski definition) is 1. The van der Waals surface area contributed by atoms with Crippen molar-refractivity contribution >= 4 is 11.4 Å². The molecule has 2 aromatic rings. The van der Waals surface area contributed by atoms with Crippen LogP contribution in [0.4, 0.5) is 0 Å². The van der Waals surface area contributed by atoms with Crippen LogP contribution < -0.4 is 0 Å². The van der Waals surface area contributed by atoms with E-state index in [1.807, 2.05) is 0 Å². The molecule has 1 nitrogen and oxygen atoms in total. The van der Waals surface area contributed by atoms with Crippen LogP contribution in [0.25, 0.3) is 5.57 Å². The number of fused-ring (bicyclic) bond motifs is 2. The highest BCUT2D eigenvalue weighted by atomic mass is 16.1. The predicted octanol–water partition coefficient (Wildman–Crippen LogP) is 7.63. The lowest BCUT2D eigenvalue weighted by Gasteiger charge is -2.22. The second-order valence-electron chi connectivity index (χ2n) is 9.80. The van der Waals surface area contributed by atoms with E-state index in [1.165, 1.54) is 71.9 Å². The molecule has 160 valence electrons. The van der Waals surface area contributed by atoms with E-state index in [-0.39, 0.29) is 5.78 Å². The predicted molar refractivity (Wildman–Crippen MR) is 130 cm³/mol. The number of ketones is 1. The van der Waals surface area contributed by atoms with Crippen LogP contribution in [-0.2, 0) is 19.3 Å². The van der Waals surface area contributed by atoms with Crippen LogP contribution in [0.2, 0.25) is 0 Å². The van der Waals surface area contributed by atoms with Crippen molar-refractivity contribution in [2.45, 2.75) is 77.6 Å². The fourth-order valence-corrected chi connectivity index (χ4v) is 6.10. The Morgan fingerprint density at radius 2 is 1.81 bits per heavy atom. The number of carbonyl (C=O) groups is 1. The molecule has 0 N–H and O–H groups in total. The minimum atomic E-state index is 0.245. The van der Waals surface area contributed by atoms with Crippen LogP contribution >= 0.6 is 0 Å². The van der Waals surface area contributed by atoms with E-state index in [0.29, 0.717) is 5.92 Å². The summed E-state index contributed by atoms with van der Waals surface area (Å²) in [5, 5.41) is 0. The maximum Gasteiger partial charge on any atom is 0.189 e. The Labute approximate surface area is 187 Å². The first-order chi connectivity index (χ1) is 15.2. The highest BCUT2D eigenvalue weighted by molar-refractivity contribution is 6.14. The van der Waals surface area contributed by atoms with Crippen molar-refractivity contribution < 1.29 is 4.79 Å². The van der Waals surface area contributed by atoms with Gasteiger partial charge in [0.15, 0.2) is 5.78 Å². The Morgan fingerprint density at radius 3 is 2.61 bits per heavy atom. The monoisotopic (exact) mass is 410 g/mol. The van der Waals surface area contributed by atoms with Gasteiger partial charge in [-0.05, 0) is 64.6 Å². The summed E-state index contributed by atoms with van der Waals surface area (Å²) in [5.74, 6) is 1.54. The minimum Gasteiger partial charge on any atom is -0.289 e. The minimum absolute atomic E-state index is 0.245. The number of allylic oxidation sites excluding steroid dienone is 4. The molecule has 1 atom stereocenters. The van der Waals surface area contributed by atoms with Gasteiger partial charge in [0.25, 0.3) is 0 Å². The molecule has 1 fully saturated rings. The van der Waals surface area contributed by atoms with E-state index >= 15 is 0 Å². The second kappa shape index (κ2) is 8.61. The summed E-state index contributed by atoms with van der Waals surface area (Å²) < 4.78 is 0. The Hall–Kier alpha value is -2.41. The fourth-order valence-electron chi connectivity index (χ4n) is 6.10. The Kier molecular flexibility index (Phi) is 5.69. The number of Topliss-reactive ketones (excluding diaryl/α,β-unsaturated/α-hetero) is 1. The third kappa shape index (κ3) is 3.84. The van der Waals surface area contributed by atoms with E-state index in [2.05, 4.69) is 62.4 Å². The van der Waals surface area contributed by atoms with Crippen LogP contribution in [0.1, 0.15) is 96.5 Å². The molecule has 2 aromatic carbocycles. The molecule has 0 aromatic heterocycles. The zero-order valence-corrected chi connectivity index (χ0v) is 19.0. The van der Waals surface area contributed by atoms with Gasteiger partial charge in [-0.3, -0.25) is 4.79 Å². The maximum absolute atomic E-state index is 13.3. The molecule has 0 saturated heterocycles. The van der Waals surface area contributed by atoms with Crippen molar-refractivity contribution in [3.05, 3.63) is 87.5 Å². The molecule has 0 spiro atoms. The molecule has 1 saturated carbocycles. The Morgan fingerprint density at radius 1 is 1.00 bits per heavy atom. The van der Waals surface area contributed by atoms with Gasteiger partial charge in [-0.15, -0.1) is 0 Å². The van der Waals surface area contributed by atoms with Crippen molar-refractivity contribution in [1.82, 2.24) is 0 Å². The van der Waals surface area contributed by atoms with Crippen LogP contribution in [-0.4, -0.2) is 5.78 Å². The highest BCUT2D eigenvalue weighted by Gasteiger charge is 2.29. The van der Waals surface area contributed by atoms with Crippen molar-refractivity contribution in [3.63, 3.8) is 0 Å². The summed E-state index contributed by atoms with van der Waals surface area (Å²) in [5.41, 5.74) is 10.1. The van der Waals surface area contributed by atoms with Gasteiger partial charge in [-0.25, -0.2) is 0 Å². The molecule has 0 heterocycles. The van der Waals surface area contributed by atoms with Gasteiger partial charge in [-0.1, -0.05) is 88.4 Å². The molecule has 0 bridgehead atoms. The van der Waals surface area contributed by atoms with Crippen molar-refractivity contribution in [1.29, 1.82) is 0 Å². The van der Waals surface area contributed by atoms with E-state index in [9.17, 15) is 4.79 Å². The molecule has 1 unspecified atom stereocenters. The van der Waals surface area contributed by atoms with Gasteiger partial charge in [-0.2, -0.15) is 0 Å². The third-order valence-electron chi connectivity index (χ3n) is 7.86. The zero-order chi connectivity index (χ0) is 21.4. The summed E-state index contributed by atoms with van der Waals surface area (Å²) in [7, 11) is 0. The van der Waals surface area contributed by atoms with E-state index < -0.39 is 0 Å². The fraction of sp³-hybridized carbons (Fsp3) is 0.433. The summed E-state index contributed by atoms with van der Waals surface area (Å²) in [4.78, 5) is 13.3. The maximum atomic E-state index is 13.3. The first-order valence-electron chi connectivity index (χ1n) is 12.4. The average Bonchev–Trinajstić information content (AvgIpc) is 3.30. The topological polar surface area (TPSA) is 17.1 Å². The summed E-state index contributed by atoms with van der Waals surface area (Å²) in [6, 6.07) is 12.9. The molecule has 0 radical (unpaired) electrons. The average molecular weight is 411 g/mol. The highest BCUT2D eigenvalue weighted by Crippen LogP contribution is 2.39. The smallest absolute Gasteiger partial charge is 0.189 e. The normalized spacial score (nSPS) is 22.0. The van der Waals surface area contributed by atoms with Crippen molar-refractivity contribution in [3.8, 4) is 0 Å². The number of aryl methyl sites for hydroxylation is 1. The molecule has 3 aliphatic carbocycles. The molecule has 0 amide bonds. The number of carbonyl (C=O) groups excluding carboxylic acids is 1. The van der Waals surface area contributed by atoms with Crippen molar-refractivity contribution in [2.24, 2.45) is 5.92 Å². The molecular formula is C30H34O. The molecule has 31 heavy (non-hydrogen) atoms.